The van der Waals surface area contributed by atoms with Crippen molar-refractivity contribution in [2.45, 2.75) is 33.7 Å². The van der Waals surface area contributed by atoms with Gasteiger partial charge in [0, 0.05) is 6.21 Å². The number of aliphatic imine (C=N–C) groups is 1. The summed E-state index contributed by atoms with van der Waals surface area (Å²) >= 11 is 0. The highest BCUT2D eigenvalue weighted by molar-refractivity contribution is 6.28. The smallest absolute Gasteiger partial charge is 0.0639 e. The summed E-state index contributed by atoms with van der Waals surface area (Å²) in [5, 5.41) is 7.72. The maximum Gasteiger partial charge on any atom is 0.0639 e. The zero-order valence-corrected chi connectivity index (χ0v) is 27.9. The Bertz CT molecular complexity index is 2390. The summed E-state index contributed by atoms with van der Waals surface area (Å²) in [5.41, 5.74) is 13.0. The molecule has 8 rings (SSSR count). The minimum Gasteiger partial charge on any atom is -0.288 e. The van der Waals surface area contributed by atoms with Crippen LogP contribution in [-0.4, -0.2) is 6.21 Å². The Labute approximate surface area is 283 Å². The third kappa shape index (κ3) is 5.26. The summed E-state index contributed by atoms with van der Waals surface area (Å²) in [6.45, 7) is 7.58. The zero-order valence-electron chi connectivity index (χ0n) is 27.9. The van der Waals surface area contributed by atoms with Crippen molar-refractivity contribution in [2.24, 2.45) is 10.9 Å². The highest BCUT2D eigenvalue weighted by Crippen LogP contribution is 2.45. The van der Waals surface area contributed by atoms with E-state index < -0.39 is 0 Å². The van der Waals surface area contributed by atoms with E-state index in [9.17, 15) is 0 Å². The van der Waals surface area contributed by atoms with Gasteiger partial charge >= 0.3 is 0 Å². The SMILES string of the molecule is Cc1ccccc1-c1cccc(C2=C(c3cccc4c5ccc(C=NCc6ccccc6)cc5c5ccccc5c34)C=CCC2C)c1C. The van der Waals surface area contributed by atoms with Gasteiger partial charge in [0.25, 0.3) is 0 Å². The molecule has 0 spiro atoms. The molecule has 1 aliphatic carbocycles. The van der Waals surface area contributed by atoms with E-state index in [4.69, 9.17) is 4.99 Å². The largest absolute Gasteiger partial charge is 0.288 e. The van der Waals surface area contributed by atoms with E-state index in [0.29, 0.717) is 12.5 Å². The lowest BCUT2D eigenvalue weighted by Gasteiger charge is -2.27. The maximum absolute atomic E-state index is 4.78. The minimum atomic E-state index is 0.399. The number of benzene rings is 7. The molecule has 1 atom stereocenters. The van der Waals surface area contributed by atoms with Gasteiger partial charge < -0.3 is 0 Å². The summed E-state index contributed by atoms with van der Waals surface area (Å²) in [7, 11) is 0. The summed E-state index contributed by atoms with van der Waals surface area (Å²) < 4.78 is 0. The molecule has 0 fully saturated rings. The molecular formula is C47H39N. The molecule has 0 saturated carbocycles. The lowest BCUT2D eigenvalue weighted by Crippen LogP contribution is -2.07. The monoisotopic (exact) mass is 617 g/mol. The third-order valence-electron chi connectivity index (χ3n) is 10.1. The molecule has 7 aromatic carbocycles. The van der Waals surface area contributed by atoms with Crippen LogP contribution in [0.15, 0.2) is 151 Å². The first-order valence-corrected chi connectivity index (χ1v) is 17.1. The second-order valence-corrected chi connectivity index (χ2v) is 13.2. The summed E-state index contributed by atoms with van der Waals surface area (Å²) in [6, 6.07) is 48.7. The van der Waals surface area contributed by atoms with Crippen molar-refractivity contribution >= 4 is 49.7 Å². The Hall–Kier alpha value is -5.53. The number of fused-ring (bicyclic) bond motifs is 6. The number of aryl methyl sites for hydroxylation is 1. The van der Waals surface area contributed by atoms with Gasteiger partial charge in [0.05, 0.1) is 6.54 Å². The second-order valence-electron chi connectivity index (χ2n) is 13.2. The number of hydrogen-bond acceptors (Lipinski definition) is 1. The van der Waals surface area contributed by atoms with Gasteiger partial charge in [-0.25, -0.2) is 0 Å². The molecular weight excluding hydrogens is 579 g/mol. The molecule has 1 unspecified atom stereocenters. The van der Waals surface area contributed by atoms with Gasteiger partial charge in [-0.05, 0) is 120 Å². The third-order valence-corrected chi connectivity index (χ3v) is 10.1. The van der Waals surface area contributed by atoms with Crippen molar-refractivity contribution in [1.29, 1.82) is 0 Å². The van der Waals surface area contributed by atoms with Gasteiger partial charge in [0.15, 0.2) is 0 Å². The second kappa shape index (κ2) is 12.6. The first-order chi connectivity index (χ1) is 23.6. The van der Waals surface area contributed by atoms with E-state index >= 15 is 0 Å². The molecule has 1 aliphatic rings. The summed E-state index contributed by atoms with van der Waals surface area (Å²) in [4.78, 5) is 4.78. The van der Waals surface area contributed by atoms with E-state index in [2.05, 4.69) is 160 Å². The Morgan fingerprint density at radius 2 is 1.25 bits per heavy atom. The predicted octanol–water partition coefficient (Wildman–Crippen LogP) is 12.6. The molecule has 0 N–H and O–H groups in total. The van der Waals surface area contributed by atoms with Crippen molar-refractivity contribution in [2.75, 3.05) is 0 Å². The molecule has 48 heavy (non-hydrogen) atoms. The molecule has 0 radical (unpaired) electrons. The van der Waals surface area contributed by atoms with Crippen LogP contribution in [-0.2, 0) is 6.54 Å². The van der Waals surface area contributed by atoms with Crippen LogP contribution in [0.5, 0.6) is 0 Å². The summed E-state index contributed by atoms with van der Waals surface area (Å²) in [6.07, 6.45) is 7.80. The van der Waals surface area contributed by atoms with E-state index in [1.807, 2.05) is 12.3 Å². The summed E-state index contributed by atoms with van der Waals surface area (Å²) in [5.74, 6) is 0.399. The molecule has 0 amide bonds. The highest BCUT2D eigenvalue weighted by Gasteiger charge is 2.24. The number of hydrogen-bond donors (Lipinski definition) is 0. The molecule has 7 aromatic rings. The molecule has 0 bridgehead atoms. The number of rotatable bonds is 6. The Kier molecular flexibility index (Phi) is 7.82. The topological polar surface area (TPSA) is 12.4 Å². The van der Waals surface area contributed by atoms with Gasteiger partial charge in [0.2, 0.25) is 0 Å². The van der Waals surface area contributed by atoms with Crippen molar-refractivity contribution in [3.8, 4) is 11.1 Å². The van der Waals surface area contributed by atoms with Crippen LogP contribution < -0.4 is 0 Å². The molecule has 0 heterocycles. The average molecular weight is 618 g/mol. The molecule has 232 valence electrons. The number of allylic oxidation sites excluding steroid dienone is 4. The van der Waals surface area contributed by atoms with E-state index in [1.165, 1.54) is 82.4 Å². The lowest BCUT2D eigenvalue weighted by atomic mass is 9.77. The van der Waals surface area contributed by atoms with Crippen LogP contribution in [0.25, 0.3) is 54.6 Å². The maximum atomic E-state index is 4.78. The normalized spacial score (nSPS) is 14.9. The van der Waals surface area contributed by atoms with Crippen molar-refractivity contribution in [1.82, 2.24) is 0 Å². The standard InChI is InChI=1S/C47H39N/c1-31-14-7-8-18-36(31)37-21-12-22-38(33(37)3)46-32(2)15-11-23-43(46)44-25-13-24-42-40-27-26-35(30-48-29-34-16-5-4-6-17-34)28-45(40)39-19-9-10-20-41(39)47(42)44/h4-14,16-28,30,32H,15,29H2,1-3H3. The van der Waals surface area contributed by atoms with Crippen molar-refractivity contribution in [3.63, 3.8) is 0 Å². The van der Waals surface area contributed by atoms with Crippen LogP contribution in [0.2, 0.25) is 0 Å². The Morgan fingerprint density at radius 3 is 2.08 bits per heavy atom. The van der Waals surface area contributed by atoms with Crippen LogP contribution >= 0.6 is 0 Å². The zero-order chi connectivity index (χ0) is 32.6. The van der Waals surface area contributed by atoms with Gasteiger partial charge in [0.1, 0.15) is 0 Å². The fourth-order valence-electron chi connectivity index (χ4n) is 7.77. The van der Waals surface area contributed by atoms with E-state index in [1.54, 1.807) is 0 Å². The molecule has 0 saturated heterocycles. The van der Waals surface area contributed by atoms with Gasteiger partial charge in [-0.1, -0.05) is 146 Å². The van der Waals surface area contributed by atoms with E-state index in [-0.39, 0.29) is 0 Å². The molecule has 1 heteroatoms. The van der Waals surface area contributed by atoms with Crippen LogP contribution in [0, 0.1) is 19.8 Å². The first-order valence-electron chi connectivity index (χ1n) is 17.1. The van der Waals surface area contributed by atoms with Gasteiger partial charge in [-0.3, -0.25) is 4.99 Å². The Balaban J connectivity index is 1.33. The van der Waals surface area contributed by atoms with Crippen LogP contribution in [0.3, 0.4) is 0 Å². The van der Waals surface area contributed by atoms with E-state index in [0.717, 1.165) is 12.0 Å². The Morgan fingerprint density at radius 1 is 0.604 bits per heavy atom. The lowest BCUT2D eigenvalue weighted by molar-refractivity contribution is 0.760. The quantitative estimate of drug-likeness (QED) is 0.130. The van der Waals surface area contributed by atoms with Gasteiger partial charge in [-0.15, -0.1) is 0 Å². The fourth-order valence-corrected chi connectivity index (χ4v) is 7.77. The first kappa shape index (κ1) is 29.8. The highest BCUT2D eigenvalue weighted by atomic mass is 14.7. The minimum absolute atomic E-state index is 0.399. The average Bonchev–Trinajstić information content (AvgIpc) is 3.12. The van der Waals surface area contributed by atoms with Gasteiger partial charge in [-0.2, -0.15) is 0 Å². The predicted molar refractivity (Wildman–Crippen MR) is 208 cm³/mol. The molecule has 1 nitrogen and oxygen atoms in total. The van der Waals surface area contributed by atoms with Crippen LogP contribution in [0.1, 0.15) is 46.7 Å². The van der Waals surface area contributed by atoms with Crippen LogP contribution in [0.4, 0.5) is 0 Å². The molecule has 0 aliphatic heterocycles. The number of nitrogens with zero attached hydrogens (tertiary/aromatic N) is 1. The molecule has 0 aromatic heterocycles. The fraction of sp³-hybridized carbons (Fsp3) is 0.128. The van der Waals surface area contributed by atoms with Crippen molar-refractivity contribution in [3.05, 3.63) is 179 Å². The van der Waals surface area contributed by atoms with Crippen molar-refractivity contribution < 1.29 is 0 Å².